The number of hydrogen-bond acceptors (Lipinski definition) is 3. The third-order valence-corrected chi connectivity index (χ3v) is 3.36. The SMILES string of the molecule is C=C/C=C(/C)C1=CCN(C2CCC(=O)NC2=O)C1=O. The number of nitrogens with one attached hydrogen (secondary N) is 1. The number of amides is 3. The molecule has 1 unspecified atom stereocenters. The van der Waals surface area contributed by atoms with Crippen molar-refractivity contribution in [2.45, 2.75) is 25.8 Å². The van der Waals surface area contributed by atoms with Crippen LogP contribution in [-0.2, 0) is 14.4 Å². The third-order valence-electron chi connectivity index (χ3n) is 3.36. The lowest BCUT2D eigenvalue weighted by Crippen LogP contribution is -2.53. The van der Waals surface area contributed by atoms with E-state index in [-0.39, 0.29) is 24.1 Å². The molecule has 19 heavy (non-hydrogen) atoms. The molecule has 1 saturated heterocycles. The zero-order chi connectivity index (χ0) is 14.0. The normalized spacial score (nSPS) is 24.4. The Morgan fingerprint density at radius 2 is 2.21 bits per heavy atom. The molecule has 5 heteroatoms. The predicted molar refractivity (Wildman–Crippen MR) is 69.9 cm³/mol. The van der Waals surface area contributed by atoms with E-state index in [4.69, 9.17) is 0 Å². The minimum absolute atomic E-state index is 0.162. The zero-order valence-corrected chi connectivity index (χ0v) is 10.8. The van der Waals surface area contributed by atoms with Crippen molar-refractivity contribution in [1.29, 1.82) is 0 Å². The summed E-state index contributed by atoms with van der Waals surface area (Å²) in [5, 5.41) is 2.27. The minimum atomic E-state index is -0.546. The van der Waals surface area contributed by atoms with Gasteiger partial charge in [-0.2, -0.15) is 0 Å². The Bertz CT molecular complexity index is 517. The fourth-order valence-electron chi connectivity index (χ4n) is 2.36. The van der Waals surface area contributed by atoms with Crippen LogP contribution >= 0.6 is 0 Å². The van der Waals surface area contributed by atoms with Gasteiger partial charge in [0.2, 0.25) is 11.8 Å². The van der Waals surface area contributed by atoms with E-state index in [1.807, 2.05) is 6.92 Å². The Labute approximate surface area is 111 Å². The second-order valence-electron chi connectivity index (χ2n) is 4.63. The van der Waals surface area contributed by atoms with E-state index in [1.165, 1.54) is 4.90 Å². The number of rotatable bonds is 3. The monoisotopic (exact) mass is 260 g/mol. The quantitative estimate of drug-likeness (QED) is 0.600. The predicted octanol–water partition coefficient (Wildman–Crippen LogP) is 0.692. The number of nitrogens with zero attached hydrogens (tertiary/aromatic N) is 1. The van der Waals surface area contributed by atoms with E-state index in [9.17, 15) is 14.4 Å². The molecule has 2 aliphatic heterocycles. The lowest BCUT2D eigenvalue weighted by Gasteiger charge is -2.29. The zero-order valence-electron chi connectivity index (χ0n) is 10.8. The van der Waals surface area contributed by atoms with Crippen molar-refractivity contribution >= 4 is 17.7 Å². The van der Waals surface area contributed by atoms with Crippen molar-refractivity contribution in [3.63, 3.8) is 0 Å². The van der Waals surface area contributed by atoms with Crippen LogP contribution in [0, 0.1) is 0 Å². The van der Waals surface area contributed by atoms with Gasteiger partial charge in [-0.15, -0.1) is 0 Å². The largest absolute Gasteiger partial charge is 0.323 e. The minimum Gasteiger partial charge on any atom is -0.323 e. The average molecular weight is 260 g/mol. The number of piperidine rings is 1. The van der Waals surface area contributed by atoms with Crippen molar-refractivity contribution in [2.75, 3.05) is 6.54 Å². The van der Waals surface area contributed by atoms with Gasteiger partial charge in [0.25, 0.3) is 5.91 Å². The van der Waals surface area contributed by atoms with Crippen molar-refractivity contribution in [1.82, 2.24) is 10.2 Å². The lowest BCUT2D eigenvalue weighted by molar-refractivity contribution is -0.142. The summed E-state index contributed by atoms with van der Waals surface area (Å²) in [6.45, 7) is 5.83. The van der Waals surface area contributed by atoms with Crippen LogP contribution in [0.4, 0.5) is 0 Å². The maximum absolute atomic E-state index is 12.3. The summed E-state index contributed by atoms with van der Waals surface area (Å²) in [5.74, 6) is -0.821. The van der Waals surface area contributed by atoms with Crippen LogP contribution in [0.25, 0.3) is 0 Å². The Hall–Kier alpha value is -2.17. The Balaban J connectivity index is 2.12. The molecule has 2 heterocycles. The van der Waals surface area contributed by atoms with Crippen LogP contribution in [0.1, 0.15) is 19.8 Å². The molecule has 100 valence electrons. The third kappa shape index (κ3) is 2.50. The fraction of sp³-hybridized carbons (Fsp3) is 0.357. The van der Waals surface area contributed by atoms with Crippen LogP contribution in [0.5, 0.6) is 0 Å². The first-order valence-corrected chi connectivity index (χ1v) is 6.19. The maximum atomic E-state index is 12.3. The second-order valence-corrected chi connectivity index (χ2v) is 4.63. The van der Waals surface area contributed by atoms with E-state index in [2.05, 4.69) is 11.9 Å². The molecule has 0 bridgehead atoms. The summed E-state index contributed by atoms with van der Waals surface area (Å²) >= 11 is 0. The molecule has 0 radical (unpaired) electrons. The highest BCUT2D eigenvalue weighted by Gasteiger charge is 2.37. The maximum Gasteiger partial charge on any atom is 0.254 e. The molecule has 0 aromatic rings. The molecule has 0 aromatic carbocycles. The van der Waals surface area contributed by atoms with Gasteiger partial charge < -0.3 is 4.90 Å². The standard InChI is InChI=1S/C14H16N2O3/c1-3-4-9(2)10-7-8-16(14(10)19)11-5-6-12(17)15-13(11)18/h3-4,7,11H,1,5-6,8H2,2H3,(H,15,17,18)/b9-4-. The lowest BCUT2D eigenvalue weighted by atomic mass is 10.0. The van der Waals surface area contributed by atoms with E-state index in [0.29, 0.717) is 18.5 Å². The summed E-state index contributed by atoms with van der Waals surface area (Å²) in [5.41, 5.74) is 1.43. The Morgan fingerprint density at radius 3 is 2.84 bits per heavy atom. The molecule has 0 aromatic heterocycles. The highest BCUT2D eigenvalue weighted by Crippen LogP contribution is 2.24. The smallest absolute Gasteiger partial charge is 0.254 e. The molecule has 1 atom stereocenters. The van der Waals surface area contributed by atoms with Gasteiger partial charge in [-0.05, 0) is 18.9 Å². The van der Waals surface area contributed by atoms with E-state index in [1.54, 1.807) is 18.2 Å². The van der Waals surface area contributed by atoms with Gasteiger partial charge in [0.15, 0.2) is 0 Å². The molecular formula is C14H16N2O3. The van der Waals surface area contributed by atoms with E-state index < -0.39 is 6.04 Å². The highest BCUT2D eigenvalue weighted by molar-refractivity contribution is 6.06. The molecule has 0 saturated carbocycles. The van der Waals surface area contributed by atoms with E-state index in [0.717, 1.165) is 5.57 Å². The average Bonchev–Trinajstić information content (AvgIpc) is 2.72. The molecule has 1 N–H and O–H groups in total. The van der Waals surface area contributed by atoms with Crippen molar-refractivity contribution in [3.8, 4) is 0 Å². The van der Waals surface area contributed by atoms with Crippen LogP contribution in [-0.4, -0.2) is 35.2 Å². The van der Waals surface area contributed by atoms with Gasteiger partial charge in [0.05, 0.1) is 0 Å². The number of allylic oxidation sites excluding steroid dienone is 2. The summed E-state index contributed by atoms with van der Waals surface area (Å²) in [7, 11) is 0. The molecule has 1 fully saturated rings. The first kappa shape index (κ1) is 13.3. The van der Waals surface area contributed by atoms with Gasteiger partial charge in [-0.25, -0.2) is 0 Å². The summed E-state index contributed by atoms with van der Waals surface area (Å²) in [6.07, 6.45) is 5.86. The van der Waals surface area contributed by atoms with Crippen molar-refractivity contribution in [3.05, 3.63) is 36.0 Å². The molecule has 3 amide bonds. The summed E-state index contributed by atoms with van der Waals surface area (Å²) < 4.78 is 0. The first-order valence-electron chi connectivity index (χ1n) is 6.19. The van der Waals surface area contributed by atoms with Gasteiger partial charge in [0.1, 0.15) is 6.04 Å². The van der Waals surface area contributed by atoms with Crippen LogP contribution in [0.15, 0.2) is 36.0 Å². The molecule has 0 aliphatic carbocycles. The number of carbonyl (C=O) groups is 3. The molecular weight excluding hydrogens is 244 g/mol. The number of carbonyl (C=O) groups excluding carboxylic acids is 3. The number of hydrogen-bond donors (Lipinski definition) is 1. The van der Waals surface area contributed by atoms with Crippen LogP contribution < -0.4 is 5.32 Å². The molecule has 0 spiro atoms. The van der Waals surface area contributed by atoms with E-state index >= 15 is 0 Å². The number of imide groups is 1. The van der Waals surface area contributed by atoms with Gasteiger partial charge in [0, 0.05) is 18.5 Å². The van der Waals surface area contributed by atoms with Gasteiger partial charge in [-0.3, -0.25) is 19.7 Å². The second kappa shape index (κ2) is 5.22. The van der Waals surface area contributed by atoms with Gasteiger partial charge >= 0.3 is 0 Å². The molecule has 5 nitrogen and oxygen atoms in total. The first-order chi connectivity index (χ1) is 9.04. The van der Waals surface area contributed by atoms with Crippen molar-refractivity contribution in [2.24, 2.45) is 0 Å². The fourth-order valence-corrected chi connectivity index (χ4v) is 2.36. The highest BCUT2D eigenvalue weighted by atomic mass is 16.2. The van der Waals surface area contributed by atoms with Crippen LogP contribution in [0.3, 0.4) is 0 Å². The molecule has 2 aliphatic rings. The topological polar surface area (TPSA) is 66.5 Å². The summed E-state index contributed by atoms with van der Waals surface area (Å²) in [4.78, 5) is 36.6. The summed E-state index contributed by atoms with van der Waals surface area (Å²) in [6, 6.07) is -0.546. The van der Waals surface area contributed by atoms with Crippen molar-refractivity contribution < 1.29 is 14.4 Å². The Morgan fingerprint density at radius 1 is 1.47 bits per heavy atom. The van der Waals surface area contributed by atoms with Gasteiger partial charge in [-0.1, -0.05) is 24.8 Å². The van der Waals surface area contributed by atoms with Crippen LogP contribution in [0.2, 0.25) is 0 Å². The Kier molecular flexibility index (Phi) is 3.64. The molecule has 2 rings (SSSR count).